The summed E-state index contributed by atoms with van der Waals surface area (Å²) in [6.07, 6.45) is 0. The second-order valence-electron chi connectivity index (χ2n) is 8.27. The molecule has 10 heteroatoms. The molecule has 38 heavy (non-hydrogen) atoms. The molecular weight excluding hydrogens is 539 g/mol. The van der Waals surface area contributed by atoms with Crippen molar-refractivity contribution in [3.8, 4) is 22.9 Å². The van der Waals surface area contributed by atoms with Crippen LogP contribution in [0.15, 0.2) is 82.7 Å². The van der Waals surface area contributed by atoms with Crippen molar-refractivity contribution in [2.45, 2.75) is 17.8 Å². The van der Waals surface area contributed by atoms with Gasteiger partial charge in [-0.1, -0.05) is 53.4 Å². The molecular formula is C28H23N3O4S3. The van der Waals surface area contributed by atoms with Gasteiger partial charge in [0.15, 0.2) is 20.5 Å². The number of ether oxygens (including phenoxy) is 2. The number of aromatic nitrogens is 3. The number of hydrogen-bond acceptors (Lipinski definition) is 8. The monoisotopic (exact) mass is 561 g/mol. The standard InChI is InChI=1S/C28H23N3O4S3/c1-17(32)18-13-14-22(34-2)19(15-18)16-37-27-29-25-24(26(33)30(27)20-9-5-4-6-10-20)38-28(36)31(25)21-11-7-8-12-23(21)35-3/h4-15H,16H2,1-3H3. The predicted molar refractivity (Wildman–Crippen MR) is 154 cm³/mol. The Balaban J connectivity index is 1.72. The lowest BCUT2D eigenvalue weighted by molar-refractivity contribution is 0.101. The molecule has 0 spiro atoms. The number of rotatable bonds is 8. The number of carbonyl (C=O) groups excluding carboxylic acids is 1. The number of fused-ring (bicyclic) bond motifs is 1. The van der Waals surface area contributed by atoms with Crippen LogP contribution >= 0.6 is 35.3 Å². The maximum atomic E-state index is 13.9. The topological polar surface area (TPSA) is 75.3 Å². The Morgan fingerprint density at radius 3 is 2.39 bits per heavy atom. The summed E-state index contributed by atoms with van der Waals surface area (Å²) in [6, 6.07) is 22.2. The van der Waals surface area contributed by atoms with Crippen LogP contribution in [0.25, 0.3) is 21.7 Å². The van der Waals surface area contributed by atoms with Gasteiger partial charge >= 0.3 is 0 Å². The van der Waals surface area contributed by atoms with Gasteiger partial charge in [-0.2, -0.15) is 0 Å². The van der Waals surface area contributed by atoms with E-state index < -0.39 is 0 Å². The highest BCUT2D eigenvalue weighted by atomic mass is 32.2. The summed E-state index contributed by atoms with van der Waals surface area (Å²) in [6.45, 7) is 1.53. The van der Waals surface area contributed by atoms with Gasteiger partial charge in [-0.05, 0) is 61.6 Å². The van der Waals surface area contributed by atoms with E-state index in [1.807, 2.05) is 60.7 Å². The normalized spacial score (nSPS) is 11.0. The van der Waals surface area contributed by atoms with Crippen LogP contribution in [-0.4, -0.2) is 34.1 Å². The minimum absolute atomic E-state index is 0.0336. The van der Waals surface area contributed by atoms with E-state index in [9.17, 15) is 9.59 Å². The summed E-state index contributed by atoms with van der Waals surface area (Å²) >= 11 is 8.31. The van der Waals surface area contributed by atoms with E-state index >= 15 is 0 Å². The summed E-state index contributed by atoms with van der Waals surface area (Å²) in [5.74, 6) is 1.67. The molecule has 0 amide bonds. The molecule has 0 saturated carbocycles. The third-order valence-electron chi connectivity index (χ3n) is 5.96. The third kappa shape index (κ3) is 4.78. The molecule has 0 fully saturated rings. The fraction of sp³-hybridized carbons (Fsp3) is 0.143. The van der Waals surface area contributed by atoms with E-state index in [-0.39, 0.29) is 11.3 Å². The Bertz CT molecular complexity index is 1770. The van der Waals surface area contributed by atoms with Gasteiger partial charge < -0.3 is 9.47 Å². The zero-order valence-electron chi connectivity index (χ0n) is 20.8. The van der Waals surface area contributed by atoms with Gasteiger partial charge in [0.1, 0.15) is 16.2 Å². The van der Waals surface area contributed by atoms with Crippen molar-refractivity contribution in [3.05, 3.63) is 98.2 Å². The largest absolute Gasteiger partial charge is 0.496 e. The molecule has 192 valence electrons. The Hall–Kier alpha value is -3.73. The molecule has 0 bridgehead atoms. The minimum Gasteiger partial charge on any atom is -0.496 e. The summed E-state index contributed by atoms with van der Waals surface area (Å²) in [7, 11) is 3.18. The van der Waals surface area contributed by atoms with E-state index in [2.05, 4.69) is 0 Å². The molecule has 3 aromatic carbocycles. The molecule has 0 aliphatic carbocycles. The highest BCUT2D eigenvalue weighted by Gasteiger charge is 2.21. The van der Waals surface area contributed by atoms with Crippen molar-refractivity contribution in [1.82, 2.24) is 14.1 Å². The number of para-hydroxylation sites is 3. The van der Waals surface area contributed by atoms with Crippen LogP contribution in [0.4, 0.5) is 0 Å². The van der Waals surface area contributed by atoms with Crippen molar-refractivity contribution in [1.29, 1.82) is 0 Å². The molecule has 0 unspecified atom stereocenters. The average Bonchev–Trinajstić information content (AvgIpc) is 3.27. The highest BCUT2D eigenvalue weighted by Crippen LogP contribution is 2.33. The molecule has 0 aliphatic rings. The lowest BCUT2D eigenvalue weighted by Crippen LogP contribution is -2.21. The highest BCUT2D eigenvalue weighted by molar-refractivity contribution is 7.98. The SMILES string of the molecule is COc1ccc(C(C)=O)cc1CSc1nc2c(sc(=S)n2-c2ccccc2OC)c(=O)n1-c1ccccc1. The first-order valence-electron chi connectivity index (χ1n) is 11.6. The Labute approximate surface area is 232 Å². The van der Waals surface area contributed by atoms with E-state index in [0.717, 1.165) is 5.56 Å². The fourth-order valence-electron chi connectivity index (χ4n) is 4.12. The maximum absolute atomic E-state index is 13.9. The Kier molecular flexibility index (Phi) is 7.46. The Morgan fingerprint density at radius 1 is 0.974 bits per heavy atom. The van der Waals surface area contributed by atoms with E-state index in [1.165, 1.54) is 30.0 Å². The van der Waals surface area contributed by atoms with Crippen molar-refractivity contribution in [2.24, 2.45) is 0 Å². The number of Topliss-reactive ketones (excluding diaryl/α,β-unsaturated/α-hetero) is 1. The quantitative estimate of drug-likeness (QED) is 0.0929. The fourth-order valence-corrected chi connectivity index (χ4v) is 6.39. The van der Waals surface area contributed by atoms with Crippen LogP contribution in [0.2, 0.25) is 0 Å². The molecule has 5 rings (SSSR count). The van der Waals surface area contributed by atoms with Gasteiger partial charge in [0.05, 0.1) is 25.6 Å². The van der Waals surface area contributed by atoms with Crippen molar-refractivity contribution >= 4 is 51.4 Å². The number of thioether (sulfide) groups is 1. The van der Waals surface area contributed by atoms with Crippen LogP contribution < -0.4 is 15.0 Å². The van der Waals surface area contributed by atoms with Crippen LogP contribution in [0, 0.1) is 3.95 Å². The molecule has 0 saturated heterocycles. The molecule has 0 radical (unpaired) electrons. The Morgan fingerprint density at radius 2 is 1.68 bits per heavy atom. The second-order valence-corrected chi connectivity index (χ2v) is 10.9. The first kappa shape index (κ1) is 25.9. The van der Waals surface area contributed by atoms with Gasteiger partial charge in [0.25, 0.3) is 5.56 Å². The molecule has 0 atom stereocenters. The van der Waals surface area contributed by atoms with E-state index in [1.54, 1.807) is 35.5 Å². The van der Waals surface area contributed by atoms with Crippen LogP contribution in [0.1, 0.15) is 22.8 Å². The number of methoxy groups -OCH3 is 2. The van der Waals surface area contributed by atoms with E-state index in [0.29, 0.717) is 53.6 Å². The van der Waals surface area contributed by atoms with Crippen LogP contribution in [0.5, 0.6) is 11.5 Å². The van der Waals surface area contributed by atoms with Crippen molar-refractivity contribution in [2.75, 3.05) is 14.2 Å². The number of hydrogen-bond donors (Lipinski definition) is 0. The molecule has 7 nitrogen and oxygen atoms in total. The van der Waals surface area contributed by atoms with Crippen LogP contribution in [-0.2, 0) is 5.75 Å². The molecule has 0 N–H and O–H groups in total. The zero-order valence-corrected chi connectivity index (χ0v) is 23.3. The van der Waals surface area contributed by atoms with E-state index in [4.69, 9.17) is 26.7 Å². The molecule has 0 aliphatic heterocycles. The molecule has 2 aromatic heterocycles. The van der Waals surface area contributed by atoms with Gasteiger partial charge in [-0.15, -0.1) is 0 Å². The second kappa shape index (κ2) is 10.9. The number of thiazole rings is 1. The number of ketones is 1. The van der Waals surface area contributed by atoms with Crippen molar-refractivity contribution in [3.63, 3.8) is 0 Å². The summed E-state index contributed by atoms with van der Waals surface area (Å²) < 4.78 is 15.4. The number of carbonyl (C=O) groups is 1. The minimum atomic E-state index is -0.210. The smallest absolute Gasteiger partial charge is 0.278 e. The van der Waals surface area contributed by atoms with Gasteiger partial charge in [-0.25, -0.2) is 4.98 Å². The average molecular weight is 562 g/mol. The van der Waals surface area contributed by atoms with Crippen LogP contribution in [0.3, 0.4) is 0 Å². The molecule has 2 heterocycles. The zero-order chi connectivity index (χ0) is 26.8. The predicted octanol–water partition coefficient (Wildman–Crippen LogP) is 6.48. The summed E-state index contributed by atoms with van der Waals surface area (Å²) in [5.41, 5.74) is 3.08. The van der Waals surface area contributed by atoms with Crippen molar-refractivity contribution < 1.29 is 14.3 Å². The number of benzene rings is 3. The molecule has 5 aromatic rings. The first-order valence-corrected chi connectivity index (χ1v) is 13.8. The lowest BCUT2D eigenvalue weighted by Gasteiger charge is -2.15. The lowest BCUT2D eigenvalue weighted by atomic mass is 10.1. The first-order chi connectivity index (χ1) is 18.4. The maximum Gasteiger partial charge on any atom is 0.278 e. The third-order valence-corrected chi connectivity index (χ3v) is 8.30. The number of nitrogens with zero attached hydrogens (tertiary/aromatic N) is 3. The van der Waals surface area contributed by atoms with Gasteiger partial charge in [0, 0.05) is 16.9 Å². The summed E-state index contributed by atoms with van der Waals surface area (Å²) in [4.78, 5) is 30.9. The summed E-state index contributed by atoms with van der Waals surface area (Å²) in [5, 5.41) is 0.487. The van der Waals surface area contributed by atoms with Gasteiger partial charge in [-0.3, -0.25) is 18.7 Å². The van der Waals surface area contributed by atoms with Gasteiger partial charge in [0.2, 0.25) is 0 Å².